The Balaban J connectivity index is 1.61. The average molecular weight is 638 g/mol. The fourth-order valence-corrected chi connectivity index (χ4v) is 6.91. The standard InChI is InChI=1S/C30H33F6N7S/c1-18-16-44-17-26(18)21-11-22(27(38-13-21)25(7-8-37)20-5-3-4-6-20)15-43(28-39-41-42(2)40-28)14-19-9-23(29(31,32)33)12-24(10-19)30(34,35)36/h9-13,16-17,20,25H,3-8,14-15,37H2,1-2H3. The summed E-state index contributed by atoms with van der Waals surface area (Å²) in [7, 11) is 1.53. The second-order valence-electron chi connectivity index (χ2n) is 11.3. The monoisotopic (exact) mass is 637 g/mol. The van der Waals surface area contributed by atoms with Gasteiger partial charge in [-0.05, 0) is 101 Å². The predicted octanol–water partition coefficient (Wildman–Crippen LogP) is 7.51. The van der Waals surface area contributed by atoms with Crippen molar-refractivity contribution >= 4 is 17.3 Å². The number of nitrogens with zero attached hydrogens (tertiary/aromatic N) is 6. The van der Waals surface area contributed by atoms with Crippen LogP contribution >= 0.6 is 11.3 Å². The maximum absolute atomic E-state index is 13.7. The topological polar surface area (TPSA) is 85.8 Å². The summed E-state index contributed by atoms with van der Waals surface area (Å²) >= 11 is 1.56. The molecule has 1 unspecified atom stereocenters. The van der Waals surface area contributed by atoms with Gasteiger partial charge in [0.1, 0.15) is 0 Å². The van der Waals surface area contributed by atoms with E-state index in [1.165, 1.54) is 11.8 Å². The van der Waals surface area contributed by atoms with Crippen LogP contribution in [0.3, 0.4) is 0 Å². The Bertz CT molecular complexity index is 1540. The van der Waals surface area contributed by atoms with Gasteiger partial charge in [-0.3, -0.25) is 4.98 Å². The summed E-state index contributed by atoms with van der Waals surface area (Å²) in [6.45, 7) is 2.20. The van der Waals surface area contributed by atoms with Gasteiger partial charge in [0.25, 0.3) is 5.95 Å². The average Bonchev–Trinajstić information content (AvgIpc) is 3.73. The summed E-state index contributed by atoms with van der Waals surface area (Å²) < 4.78 is 82.1. The molecule has 3 heterocycles. The van der Waals surface area contributed by atoms with Gasteiger partial charge in [0.15, 0.2) is 0 Å². The van der Waals surface area contributed by atoms with Crippen molar-refractivity contribution in [3.8, 4) is 11.1 Å². The van der Waals surface area contributed by atoms with Gasteiger partial charge in [0.05, 0.1) is 18.2 Å². The number of aryl methyl sites for hydroxylation is 2. The van der Waals surface area contributed by atoms with E-state index in [2.05, 4.69) is 15.4 Å². The highest BCUT2D eigenvalue weighted by Gasteiger charge is 2.37. The minimum absolute atomic E-state index is 0.0529. The quantitative estimate of drug-likeness (QED) is 0.181. The molecule has 3 aromatic heterocycles. The Morgan fingerprint density at radius 1 is 1.00 bits per heavy atom. The molecule has 1 fully saturated rings. The van der Waals surface area contributed by atoms with E-state index in [1.54, 1.807) is 16.2 Å². The first-order valence-electron chi connectivity index (χ1n) is 14.3. The molecule has 0 amide bonds. The van der Waals surface area contributed by atoms with E-state index in [1.807, 2.05) is 29.9 Å². The molecular formula is C30H33F6N7S. The van der Waals surface area contributed by atoms with Crippen LogP contribution in [0, 0.1) is 12.8 Å². The van der Waals surface area contributed by atoms with Gasteiger partial charge in [-0.15, -0.1) is 5.10 Å². The fourth-order valence-electron chi connectivity index (χ4n) is 6.05. The minimum atomic E-state index is -4.97. The second-order valence-corrected chi connectivity index (χ2v) is 12.1. The molecule has 1 atom stereocenters. The van der Waals surface area contributed by atoms with E-state index in [0.717, 1.165) is 65.8 Å². The lowest BCUT2D eigenvalue weighted by Crippen LogP contribution is -2.27. The summed E-state index contributed by atoms with van der Waals surface area (Å²) in [5.74, 6) is 0.495. The lowest BCUT2D eigenvalue weighted by atomic mass is 9.83. The highest BCUT2D eigenvalue weighted by Crippen LogP contribution is 2.41. The van der Waals surface area contributed by atoms with Crippen LogP contribution < -0.4 is 10.6 Å². The van der Waals surface area contributed by atoms with Gasteiger partial charge in [-0.2, -0.15) is 42.5 Å². The molecule has 236 valence electrons. The third-order valence-corrected chi connectivity index (χ3v) is 8.99. The molecule has 1 saturated carbocycles. The van der Waals surface area contributed by atoms with Gasteiger partial charge in [0.2, 0.25) is 0 Å². The number of nitrogens with two attached hydrogens (primary N) is 1. The van der Waals surface area contributed by atoms with Crippen molar-refractivity contribution in [1.29, 1.82) is 0 Å². The van der Waals surface area contributed by atoms with E-state index < -0.39 is 23.5 Å². The van der Waals surface area contributed by atoms with Crippen LogP contribution in [0.5, 0.6) is 0 Å². The fraction of sp³-hybridized carbons (Fsp3) is 0.467. The normalized spacial score (nSPS) is 15.2. The van der Waals surface area contributed by atoms with E-state index in [0.29, 0.717) is 18.9 Å². The smallest absolute Gasteiger partial charge is 0.330 e. The summed E-state index contributed by atoms with van der Waals surface area (Å²) in [6, 6.07) is 3.60. The van der Waals surface area contributed by atoms with Crippen LogP contribution in [0.15, 0.2) is 41.2 Å². The first-order chi connectivity index (χ1) is 20.8. The lowest BCUT2D eigenvalue weighted by molar-refractivity contribution is -0.143. The van der Waals surface area contributed by atoms with Crippen LogP contribution in [0.25, 0.3) is 11.1 Å². The molecule has 7 nitrogen and oxygen atoms in total. The van der Waals surface area contributed by atoms with E-state index in [9.17, 15) is 26.3 Å². The molecule has 1 aliphatic rings. The summed E-state index contributed by atoms with van der Waals surface area (Å²) in [5.41, 5.74) is 7.66. The number of anilines is 1. The van der Waals surface area contributed by atoms with Gasteiger partial charge in [-0.25, -0.2) is 0 Å². The minimum Gasteiger partial charge on any atom is -0.330 e. The Kier molecular flexibility index (Phi) is 9.30. The van der Waals surface area contributed by atoms with Crippen LogP contribution in [0.1, 0.15) is 71.5 Å². The van der Waals surface area contributed by atoms with E-state index >= 15 is 0 Å². The number of pyridine rings is 1. The molecule has 44 heavy (non-hydrogen) atoms. The van der Waals surface area contributed by atoms with Crippen molar-refractivity contribution < 1.29 is 26.3 Å². The first-order valence-corrected chi connectivity index (χ1v) is 15.3. The zero-order chi connectivity index (χ0) is 31.6. The summed E-state index contributed by atoms with van der Waals surface area (Å²) in [5, 5.41) is 16.3. The zero-order valence-electron chi connectivity index (χ0n) is 24.3. The first kappa shape index (κ1) is 31.9. The van der Waals surface area contributed by atoms with Crippen molar-refractivity contribution in [2.45, 2.75) is 70.4 Å². The van der Waals surface area contributed by atoms with Gasteiger partial charge in [-0.1, -0.05) is 17.9 Å². The molecule has 4 aromatic rings. The van der Waals surface area contributed by atoms with Gasteiger partial charge in [0, 0.05) is 36.5 Å². The summed E-state index contributed by atoms with van der Waals surface area (Å²) in [6.07, 6.45) is -3.10. The Morgan fingerprint density at radius 2 is 1.68 bits per heavy atom. The molecule has 0 saturated heterocycles. The number of hydrogen-bond acceptors (Lipinski definition) is 7. The number of tetrazole rings is 1. The predicted molar refractivity (Wildman–Crippen MR) is 156 cm³/mol. The summed E-state index contributed by atoms with van der Waals surface area (Å²) in [4.78, 5) is 7.69. The molecule has 0 spiro atoms. The number of benzene rings is 1. The largest absolute Gasteiger partial charge is 0.416 e. The number of alkyl halides is 6. The number of rotatable bonds is 10. The van der Waals surface area contributed by atoms with Crippen LogP contribution in [-0.4, -0.2) is 31.7 Å². The maximum Gasteiger partial charge on any atom is 0.416 e. The van der Waals surface area contributed by atoms with Crippen LogP contribution in [0.2, 0.25) is 0 Å². The molecule has 14 heteroatoms. The molecule has 0 bridgehead atoms. The number of thiophene rings is 1. The van der Waals surface area contributed by atoms with Crippen LogP contribution in [0.4, 0.5) is 32.3 Å². The number of hydrogen-bond donors (Lipinski definition) is 1. The maximum atomic E-state index is 13.7. The van der Waals surface area contributed by atoms with E-state index in [-0.39, 0.29) is 36.6 Å². The zero-order valence-corrected chi connectivity index (χ0v) is 25.1. The lowest BCUT2D eigenvalue weighted by Gasteiger charge is -2.28. The molecule has 5 rings (SSSR count). The number of aromatic nitrogens is 5. The van der Waals surface area contributed by atoms with Crippen molar-refractivity contribution in [3.05, 3.63) is 74.7 Å². The third kappa shape index (κ3) is 7.23. The Morgan fingerprint density at radius 3 is 2.23 bits per heavy atom. The van der Waals surface area contributed by atoms with Gasteiger partial charge < -0.3 is 10.6 Å². The molecule has 1 aromatic carbocycles. The van der Waals surface area contributed by atoms with E-state index in [4.69, 9.17) is 10.7 Å². The number of halogens is 6. The second kappa shape index (κ2) is 12.8. The van der Waals surface area contributed by atoms with Gasteiger partial charge >= 0.3 is 12.4 Å². The molecular weight excluding hydrogens is 604 g/mol. The van der Waals surface area contributed by atoms with Crippen molar-refractivity contribution in [2.24, 2.45) is 18.7 Å². The van der Waals surface area contributed by atoms with Crippen LogP contribution in [-0.2, 0) is 32.5 Å². The molecule has 2 N–H and O–H groups in total. The van der Waals surface area contributed by atoms with Crippen molar-refractivity contribution in [1.82, 2.24) is 25.2 Å². The SMILES string of the molecule is Cc1cscc1-c1cnc(C(CCN)C2CCCC2)c(CN(Cc2cc(C(F)(F)F)cc(C(F)(F)F)c2)c2nnn(C)n2)c1. The Labute approximate surface area is 255 Å². The molecule has 0 aliphatic heterocycles. The Hall–Kier alpha value is -3.52. The molecule has 0 radical (unpaired) electrons. The highest BCUT2D eigenvalue weighted by molar-refractivity contribution is 7.08. The third-order valence-electron chi connectivity index (χ3n) is 8.13. The van der Waals surface area contributed by atoms with Crippen molar-refractivity contribution in [2.75, 3.05) is 11.4 Å². The molecule has 1 aliphatic carbocycles. The van der Waals surface area contributed by atoms with Crippen molar-refractivity contribution in [3.63, 3.8) is 0 Å². The highest BCUT2D eigenvalue weighted by atomic mass is 32.1.